The number of ether oxygens (including phenoxy) is 1. The Labute approximate surface area is 149 Å². The van der Waals surface area contributed by atoms with Crippen LogP contribution in [0.4, 0.5) is 0 Å². The zero-order valence-electron chi connectivity index (χ0n) is 13.6. The molecule has 6 nitrogen and oxygen atoms in total. The highest BCUT2D eigenvalue weighted by Gasteiger charge is 2.59. The number of amides is 3. The highest BCUT2D eigenvalue weighted by molar-refractivity contribution is 6.30. The average molecular weight is 361 g/mol. The van der Waals surface area contributed by atoms with Gasteiger partial charge in [-0.3, -0.25) is 19.8 Å². The molecule has 4 rings (SSSR count). The smallest absolute Gasteiger partial charge is 0.276 e. The van der Waals surface area contributed by atoms with Gasteiger partial charge in [-0.15, -0.1) is 0 Å². The number of aryl methyl sites for hydroxylation is 1. The van der Waals surface area contributed by atoms with Crippen molar-refractivity contribution in [1.82, 2.24) is 10.4 Å². The van der Waals surface area contributed by atoms with Gasteiger partial charge in [0.15, 0.2) is 6.61 Å². The molecular weight excluding hydrogens is 344 g/mol. The van der Waals surface area contributed by atoms with Crippen LogP contribution < -0.4 is 10.2 Å². The van der Waals surface area contributed by atoms with Crippen LogP contribution in [0.5, 0.6) is 5.75 Å². The van der Waals surface area contributed by atoms with Crippen molar-refractivity contribution in [2.45, 2.75) is 13.3 Å². The lowest BCUT2D eigenvalue weighted by Gasteiger charge is -2.18. The summed E-state index contributed by atoms with van der Waals surface area (Å²) < 4.78 is 5.45. The van der Waals surface area contributed by atoms with Gasteiger partial charge in [0.05, 0.1) is 11.8 Å². The lowest BCUT2D eigenvalue weighted by molar-refractivity contribution is -0.150. The summed E-state index contributed by atoms with van der Waals surface area (Å²) in [6.45, 7) is 1.52. The van der Waals surface area contributed by atoms with E-state index in [2.05, 4.69) is 5.43 Å². The molecule has 1 N–H and O–H groups in total. The van der Waals surface area contributed by atoms with Crippen LogP contribution in [-0.2, 0) is 14.4 Å². The maximum Gasteiger partial charge on any atom is 0.276 e. The number of hydrogen-bond acceptors (Lipinski definition) is 4. The summed E-state index contributed by atoms with van der Waals surface area (Å²) in [5.74, 6) is -1.09. The van der Waals surface area contributed by atoms with E-state index in [0.717, 1.165) is 17.0 Å². The van der Waals surface area contributed by atoms with Crippen LogP contribution in [0.25, 0.3) is 0 Å². The molecular formula is C18H17ClN2O4. The molecule has 2 bridgehead atoms. The SMILES string of the molecule is Cc1cc(Cl)ccc1OCC(=O)NN1C(=O)[C@H]2[C@H](C1=O)[C@H]1C=C[C@H]2C1. The summed E-state index contributed by atoms with van der Waals surface area (Å²) >= 11 is 5.88. The molecule has 3 amide bonds. The van der Waals surface area contributed by atoms with E-state index in [4.69, 9.17) is 16.3 Å². The predicted octanol–water partition coefficient (Wildman–Crippen LogP) is 1.87. The van der Waals surface area contributed by atoms with Gasteiger partial charge < -0.3 is 4.74 Å². The Kier molecular flexibility index (Phi) is 3.80. The highest BCUT2D eigenvalue weighted by atomic mass is 35.5. The molecule has 3 aliphatic rings. The molecule has 1 heterocycles. The minimum atomic E-state index is -0.545. The van der Waals surface area contributed by atoms with Gasteiger partial charge in [0.25, 0.3) is 17.7 Å². The fourth-order valence-corrected chi connectivity index (χ4v) is 4.31. The van der Waals surface area contributed by atoms with E-state index in [1.54, 1.807) is 18.2 Å². The Morgan fingerprint density at radius 1 is 1.24 bits per heavy atom. The number of benzene rings is 1. The quantitative estimate of drug-likeness (QED) is 0.657. The lowest BCUT2D eigenvalue weighted by atomic mass is 9.85. The first-order chi connectivity index (χ1) is 12.0. The first kappa shape index (κ1) is 16.1. The Balaban J connectivity index is 1.38. The Hall–Kier alpha value is -2.34. The van der Waals surface area contributed by atoms with Crippen molar-refractivity contribution in [3.8, 4) is 5.75 Å². The van der Waals surface area contributed by atoms with Crippen LogP contribution in [0.15, 0.2) is 30.4 Å². The van der Waals surface area contributed by atoms with Gasteiger partial charge in [0.1, 0.15) is 5.75 Å². The molecule has 1 aromatic rings. The van der Waals surface area contributed by atoms with Crippen LogP contribution in [0.2, 0.25) is 5.02 Å². The number of nitrogens with zero attached hydrogens (tertiary/aromatic N) is 1. The topological polar surface area (TPSA) is 75.7 Å². The van der Waals surface area contributed by atoms with E-state index in [1.165, 1.54) is 0 Å². The number of rotatable bonds is 4. The van der Waals surface area contributed by atoms with Crippen LogP contribution in [-0.4, -0.2) is 29.3 Å². The monoisotopic (exact) mass is 360 g/mol. The van der Waals surface area contributed by atoms with E-state index in [9.17, 15) is 14.4 Å². The second kappa shape index (κ2) is 5.88. The number of hydrazine groups is 1. The minimum Gasteiger partial charge on any atom is -0.483 e. The summed E-state index contributed by atoms with van der Waals surface area (Å²) in [6.07, 6.45) is 4.87. The number of fused-ring (bicyclic) bond motifs is 5. The van der Waals surface area contributed by atoms with Crippen molar-refractivity contribution in [1.29, 1.82) is 0 Å². The molecule has 0 radical (unpaired) electrons. The first-order valence-electron chi connectivity index (χ1n) is 8.20. The molecule has 2 fully saturated rings. The van der Waals surface area contributed by atoms with Crippen molar-refractivity contribution < 1.29 is 19.1 Å². The maximum atomic E-state index is 12.5. The van der Waals surface area contributed by atoms with Crippen LogP contribution in [0.3, 0.4) is 0 Å². The van der Waals surface area contributed by atoms with E-state index in [0.29, 0.717) is 10.8 Å². The number of imide groups is 1. The molecule has 1 aromatic carbocycles. The number of allylic oxidation sites excluding steroid dienone is 2. The number of hydrogen-bond donors (Lipinski definition) is 1. The number of halogens is 1. The Bertz CT molecular complexity index is 776. The largest absolute Gasteiger partial charge is 0.483 e. The summed E-state index contributed by atoms with van der Waals surface area (Å²) in [5, 5.41) is 1.46. The van der Waals surface area contributed by atoms with Gasteiger partial charge >= 0.3 is 0 Å². The second-order valence-corrected chi connectivity index (χ2v) is 7.18. The average Bonchev–Trinajstić information content (AvgIpc) is 3.24. The number of nitrogens with one attached hydrogen (secondary N) is 1. The number of carbonyl (C=O) groups is 3. The minimum absolute atomic E-state index is 0.112. The highest BCUT2D eigenvalue weighted by Crippen LogP contribution is 2.52. The Morgan fingerprint density at radius 2 is 1.88 bits per heavy atom. The van der Waals surface area contributed by atoms with Gasteiger partial charge in [-0.2, -0.15) is 5.01 Å². The third kappa shape index (κ3) is 2.61. The van der Waals surface area contributed by atoms with Crippen molar-refractivity contribution >= 4 is 29.3 Å². The standard InChI is InChI=1S/C18H17ClN2O4/c1-9-6-12(19)4-5-13(9)25-8-14(22)20-21-17(23)15-10-2-3-11(7-10)16(15)18(21)24/h2-6,10-11,15-16H,7-8H2,1H3,(H,20,22)/t10-,11-,15+,16+/m0/s1. The summed E-state index contributed by atoms with van der Waals surface area (Å²) in [5.41, 5.74) is 3.19. The van der Waals surface area contributed by atoms with Crippen LogP contribution in [0, 0.1) is 30.6 Å². The molecule has 130 valence electrons. The third-order valence-electron chi connectivity index (χ3n) is 5.20. The van der Waals surface area contributed by atoms with E-state index < -0.39 is 5.91 Å². The first-order valence-corrected chi connectivity index (χ1v) is 8.58. The van der Waals surface area contributed by atoms with Crippen LogP contribution >= 0.6 is 11.6 Å². The maximum absolute atomic E-state index is 12.5. The fraction of sp³-hybridized carbons (Fsp3) is 0.389. The van der Waals surface area contributed by atoms with E-state index >= 15 is 0 Å². The molecule has 4 atom stereocenters. The van der Waals surface area contributed by atoms with E-state index in [-0.39, 0.29) is 42.1 Å². The molecule has 1 saturated heterocycles. The number of carbonyl (C=O) groups excluding carboxylic acids is 3. The molecule has 0 spiro atoms. The molecule has 1 saturated carbocycles. The Morgan fingerprint density at radius 3 is 2.48 bits per heavy atom. The summed E-state index contributed by atoms with van der Waals surface area (Å²) in [7, 11) is 0. The molecule has 1 aliphatic heterocycles. The molecule has 7 heteroatoms. The zero-order valence-corrected chi connectivity index (χ0v) is 14.3. The van der Waals surface area contributed by atoms with Crippen molar-refractivity contribution in [3.05, 3.63) is 40.9 Å². The van der Waals surface area contributed by atoms with Gasteiger partial charge in [0.2, 0.25) is 0 Å². The van der Waals surface area contributed by atoms with Gasteiger partial charge in [0, 0.05) is 5.02 Å². The third-order valence-corrected chi connectivity index (χ3v) is 5.44. The summed E-state index contributed by atoms with van der Waals surface area (Å²) in [4.78, 5) is 37.1. The lowest BCUT2D eigenvalue weighted by Crippen LogP contribution is -2.48. The van der Waals surface area contributed by atoms with Crippen LogP contribution in [0.1, 0.15) is 12.0 Å². The van der Waals surface area contributed by atoms with E-state index in [1.807, 2.05) is 19.1 Å². The second-order valence-electron chi connectivity index (χ2n) is 6.75. The van der Waals surface area contributed by atoms with Gasteiger partial charge in [-0.1, -0.05) is 23.8 Å². The molecule has 2 aliphatic carbocycles. The molecule has 0 aromatic heterocycles. The van der Waals surface area contributed by atoms with Crippen molar-refractivity contribution in [2.75, 3.05) is 6.61 Å². The summed E-state index contributed by atoms with van der Waals surface area (Å²) in [6, 6.07) is 5.07. The normalized spacial score (nSPS) is 29.3. The van der Waals surface area contributed by atoms with Gasteiger partial charge in [-0.25, -0.2) is 0 Å². The molecule has 0 unspecified atom stereocenters. The van der Waals surface area contributed by atoms with Crippen molar-refractivity contribution in [3.63, 3.8) is 0 Å². The fourth-order valence-electron chi connectivity index (χ4n) is 4.09. The van der Waals surface area contributed by atoms with Crippen molar-refractivity contribution in [2.24, 2.45) is 23.7 Å². The van der Waals surface area contributed by atoms with Gasteiger partial charge in [-0.05, 0) is 48.9 Å². The zero-order chi connectivity index (χ0) is 17.7. The molecule has 25 heavy (non-hydrogen) atoms. The predicted molar refractivity (Wildman–Crippen MR) is 89.4 cm³/mol.